The summed E-state index contributed by atoms with van der Waals surface area (Å²) in [6, 6.07) is 9.91. The van der Waals surface area contributed by atoms with Crippen molar-refractivity contribution in [3.8, 4) is 11.5 Å². The van der Waals surface area contributed by atoms with Crippen molar-refractivity contribution in [2.45, 2.75) is 13.0 Å². The zero-order chi connectivity index (χ0) is 14.2. The highest BCUT2D eigenvalue weighted by molar-refractivity contribution is 5.40. The molecule has 1 heterocycles. The fourth-order valence-corrected chi connectivity index (χ4v) is 1.96. The molecule has 2 aromatic rings. The molecule has 106 valence electrons. The van der Waals surface area contributed by atoms with Crippen LogP contribution in [0.1, 0.15) is 11.1 Å². The maximum absolute atomic E-state index is 5.90. The average Bonchev–Trinajstić information content (AvgIpc) is 2.50. The fourth-order valence-electron chi connectivity index (χ4n) is 1.96. The van der Waals surface area contributed by atoms with Gasteiger partial charge in [-0.2, -0.15) is 0 Å². The second-order valence-electron chi connectivity index (χ2n) is 4.46. The third-order valence-corrected chi connectivity index (χ3v) is 3.04. The third kappa shape index (κ3) is 3.96. The summed E-state index contributed by atoms with van der Waals surface area (Å²) in [4.78, 5) is 4.01. The molecular formula is C16H20N2O2. The Morgan fingerprint density at radius 2 is 1.95 bits per heavy atom. The van der Waals surface area contributed by atoms with E-state index in [0.717, 1.165) is 30.0 Å². The molecule has 0 aliphatic heterocycles. The Kier molecular flexibility index (Phi) is 5.38. The lowest BCUT2D eigenvalue weighted by Gasteiger charge is -2.13. The van der Waals surface area contributed by atoms with Crippen LogP contribution in [-0.4, -0.2) is 25.7 Å². The fraction of sp³-hybridized carbons (Fsp3) is 0.312. The molecule has 0 aliphatic rings. The molecule has 4 heteroatoms. The number of pyridine rings is 1. The summed E-state index contributed by atoms with van der Waals surface area (Å²) < 4.78 is 11.1. The van der Waals surface area contributed by atoms with Gasteiger partial charge >= 0.3 is 0 Å². The van der Waals surface area contributed by atoms with E-state index >= 15 is 0 Å². The number of ether oxygens (including phenoxy) is 2. The molecule has 0 radical (unpaired) electrons. The molecular weight excluding hydrogens is 252 g/mol. The first kappa shape index (κ1) is 14.3. The predicted molar refractivity (Wildman–Crippen MR) is 79.2 cm³/mol. The highest BCUT2D eigenvalue weighted by atomic mass is 16.5. The first-order valence-electron chi connectivity index (χ1n) is 6.66. The first-order chi connectivity index (χ1) is 9.83. The van der Waals surface area contributed by atoms with Gasteiger partial charge < -0.3 is 14.8 Å². The van der Waals surface area contributed by atoms with E-state index in [0.29, 0.717) is 6.61 Å². The lowest BCUT2D eigenvalue weighted by atomic mass is 10.2. The number of nitrogens with zero attached hydrogens (tertiary/aromatic N) is 1. The minimum atomic E-state index is 0.633. The van der Waals surface area contributed by atoms with Crippen molar-refractivity contribution < 1.29 is 9.47 Å². The smallest absolute Gasteiger partial charge is 0.127 e. The SMILES string of the molecule is CNCc1ccc(OC)cc1OCCc1ccncc1. The van der Waals surface area contributed by atoms with E-state index in [1.165, 1.54) is 5.56 Å². The molecule has 0 fully saturated rings. The number of benzene rings is 1. The summed E-state index contributed by atoms with van der Waals surface area (Å²) in [6.07, 6.45) is 4.46. The van der Waals surface area contributed by atoms with Crippen LogP contribution in [0.5, 0.6) is 11.5 Å². The van der Waals surface area contributed by atoms with Crippen molar-refractivity contribution >= 4 is 0 Å². The van der Waals surface area contributed by atoms with Crippen molar-refractivity contribution in [2.24, 2.45) is 0 Å². The van der Waals surface area contributed by atoms with E-state index in [2.05, 4.69) is 10.3 Å². The largest absolute Gasteiger partial charge is 0.497 e. The molecule has 20 heavy (non-hydrogen) atoms. The molecule has 0 saturated carbocycles. The maximum Gasteiger partial charge on any atom is 0.127 e. The standard InChI is InChI=1S/C16H20N2O2/c1-17-12-14-3-4-15(19-2)11-16(14)20-10-7-13-5-8-18-9-6-13/h3-6,8-9,11,17H,7,10,12H2,1-2H3. The predicted octanol–water partition coefficient (Wildman–Crippen LogP) is 2.43. The molecule has 0 amide bonds. The van der Waals surface area contributed by atoms with Crippen LogP contribution in [-0.2, 0) is 13.0 Å². The quantitative estimate of drug-likeness (QED) is 0.840. The minimum absolute atomic E-state index is 0.633. The molecule has 4 nitrogen and oxygen atoms in total. The van der Waals surface area contributed by atoms with Crippen molar-refractivity contribution in [3.05, 3.63) is 53.9 Å². The van der Waals surface area contributed by atoms with E-state index in [-0.39, 0.29) is 0 Å². The number of methoxy groups -OCH3 is 1. The van der Waals surface area contributed by atoms with Gasteiger partial charge in [-0.25, -0.2) is 0 Å². The molecule has 0 aliphatic carbocycles. The number of rotatable bonds is 7. The number of hydrogen-bond acceptors (Lipinski definition) is 4. The van der Waals surface area contributed by atoms with Crippen LogP contribution in [0.4, 0.5) is 0 Å². The summed E-state index contributed by atoms with van der Waals surface area (Å²) in [7, 11) is 3.58. The van der Waals surface area contributed by atoms with Crippen LogP contribution in [0.15, 0.2) is 42.7 Å². The van der Waals surface area contributed by atoms with Crippen molar-refractivity contribution in [1.29, 1.82) is 0 Å². The highest BCUT2D eigenvalue weighted by Crippen LogP contribution is 2.25. The Balaban J connectivity index is 2.00. The van der Waals surface area contributed by atoms with Gasteiger partial charge in [0.25, 0.3) is 0 Å². The molecule has 0 unspecified atom stereocenters. The lowest BCUT2D eigenvalue weighted by molar-refractivity contribution is 0.315. The van der Waals surface area contributed by atoms with Gasteiger partial charge in [-0.15, -0.1) is 0 Å². The normalized spacial score (nSPS) is 10.3. The molecule has 2 rings (SSSR count). The van der Waals surface area contributed by atoms with Crippen LogP contribution < -0.4 is 14.8 Å². The lowest BCUT2D eigenvalue weighted by Crippen LogP contribution is -2.09. The zero-order valence-electron chi connectivity index (χ0n) is 11.9. The molecule has 1 N–H and O–H groups in total. The van der Waals surface area contributed by atoms with E-state index in [1.54, 1.807) is 19.5 Å². The van der Waals surface area contributed by atoms with Gasteiger partial charge in [0.1, 0.15) is 11.5 Å². The number of nitrogens with one attached hydrogen (secondary N) is 1. The Bertz CT molecular complexity index is 529. The van der Waals surface area contributed by atoms with E-state index < -0.39 is 0 Å². The molecule has 0 saturated heterocycles. The van der Waals surface area contributed by atoms with E-state index in [1.807, 2.05) is 37.4 Å². The number of hydrogen-bond donors (Lipinski definition) is 1. The van der Waals surface area contributed by atoms with Crippen molar-refractivity contribution in [3.63, 3.8) is 0 Å². The first-order valence-corrected chi connectivity index (χ1v) is 6.66. The zero-order valence-corrected chi connectivity index (χ0v) is 11.9. The van der Waals surface area contributed by atoms with Gasteiger partial charge in [0.05, 0.1) is 13.7 Å². The van der Waals surface area contributed by atoms with Gasteiger partial charge in [0, 0.05) is 37.0 Å². The van der Waals surface area contributed by atoms with Gasteiger partial charge in [-0.1, -0.05) is 6.07 Å². The van der Waals surface area contributed by atoms with Crippen LogP contribution in [0, 0.1) is 0 Å². The van der Waals surface area contributed by atoms with Gasteiger partial charge in [0.15, 0.2) is 0 Å². The van der Waals surface area contributed by atoms with E-state index in [9.17, 15) is 0 Å². The Labute approximate surface area is 119 Å². The summed E-state index contributed by atoms with van der Waals surface area (Å²) in [6.45, 7) is 1.41. The van der Waals surface area contributed by atoms with Crippen molar-refractivity contribution in [1.82, 2.24) is 10.3 Å². The van der Waals surface area contributed by atoms with Gasteiger partial charge in [0.2, 0.25) is 0 Å². The topological polar surface area (TPSA) is 43.4 Å². The molecule has 0 bridgehead atoms. The molecule has 0 spiro atoms. The Morgan fingerprint density at radius 1 is 1.15 bits per heavy atom. The maximum atomic E-state index is 5.90. The van der Waals surface area contributed by atoms with Crippen LogP contribution in [0.2, 0.25) is 0 Å². The monoisotopic (exact) mass is 272 g/mol. The molecule has 1 aromatic heterocycles. The molecule has 0 atom stereocenters. The minimum Gasteiger partial charge on any atom is -0.497 e. The van der Waals surface area contributed by atoms with Crippen molar-refractivity contribution in [2.75, 3.05) is 20.8 Å². The van der Waals surface area contributed by atoms with Gasteiger partial charge in [-0.3, -0.25) is 4.98 Å². The number of aromatic nitrogens is 1. The average molecular weight is 272 g/mol. The van der Waals surface area contributed by atoms with Gasteiger partial charge in [-0.05, 0) is 30.8 Å². The summed E-state index contributed by atoms with van der Waals surface area (Å²) >= 11 is 0. The van der Waals surface area contributed by atoms with Crippen LogP contribution in [0.25, 0.3) is 0 Å². The summed E-state index contributed by atoms with van der Waals surface area (Å²) in [5.41, 5.74) is 2.35. The second kappa shape index (κ2) is 7.50. The highest BCUT2D eigenvalue weighted by Gasteiger charge is 2.05. The van der Waals surface area contributed by atoms with Crippen LogP contribution >= 0.6 is 0 Å². The summed E-state index contributed by atoms with van der Waals surface area (Å²) in [5, 5.41) is 3.14. The second-order valence-corrected chi connectivity index (χ2v) is 4.46. The van der Waals surface area contributed by atoms with Crippen LogP contribution in [0.3, 0.4) is 0 Å². The Morgan fingerprint density at radius 3 is 2.65 bits per heavy atom. The van der Waals surface area contributed by atoms with E-state index in [4.69, 9.17) is 9.47 Å². The molecule has 1 aromatic carbocycles. The Hall–Kier alpha value is -2.07. The third-order valence-electron chi connectivity index (χ3n) is 3.04. The summed E-state index contributed by atoms with van der Waals surface area (Å²) in [5.74, 6) is 1.68.